The van der Waals surface area contributed by atoms with Gasteiger partial charge in [-0.1, -0.05) is 23.7 Å². The number of fused-ring (bicyclic) bond motifs is 1. The van der Waals surface area contributed by atoms with Gasteiger partial charge in [0.2, 0.25) is 0 Å². The number of benzene rings is 2. The van der Waals surface area contributed by atoms with E-state index in [-0.39, 0.29) is 0 Å². The highest BCUT2D eigenvalue weighted by molar-refractivity contribution is 6.30. The van der Waals surface area contributed by atoms with E-state index in [0.717, 1.165) is 16.8 Å². The van der Waals surface area contributed by atoms with Crippen LogP contribution in [0.3, 0.4) is 0 Å². The molecule has 0 bridgehead atoms. The molecule has 0 atom stereocenters. The van der Waals surface area contributed by atoms with Crippen LogP contribution in [0.2, 0.25) is 5.02 Å². The van der Waals surface area contributed by atoms with E-state index in [1.54, 1.807) is 0 Å². The Balaban J connectivity index is 1.92. The number of hydrogen-bond donors (Lipinski definition) is 1. The summed E-state index contributed by atoms with van der Waals surface area (Å²) in [5, 5.41) is 3.79. The average molecular weight is 245 g/mol. The molecule has 0 aliphatic carbocycles. The normalized spacial score (nSPS) is 10.6. The lowest BCUT2D eigenvalue weighted by molar-refractivity contribution is 0.623. The lowest BCUT2D eigenvalue weighted by Crippen LogP contribution is -1.88. The Bertz CT molecular complexity index is 613. The van der Waals surface area contributed by atoms with Crippen LogP contribution in [-0.2, 0) is 0 Å². The van der Waals surface area contributed by atoms with Gasteiger partial charge in [0, 0.05) is 10.7 Å². The number of nitrogens with zero attached hydrogens (tertiary/aromatic N) is 1. The van der Waals surface area contributed by atoms with Crippen molar-refractivity contribution < 1.29 is 4.42 Å². The smallest absolute Gasteiger partial charge is 0.300 e. The minimum Gasteiger partial charge on any atom is -0.423 e. The molecule has 4 heteroatoms. The van der Waals surface area contributed by atoms with Crippen molar-refractivity contribution in [1.82, 2.24) is 4.98 Å². The zero-order valence-corrected chi connectivity index (χ0v) is 9.61. The number of nitrogens with one attached hydrogen (secondary N) is 1. The fourth-order valence-electron chi connectivity index (χ4n) is 1.58. The molecule has 0 saturated heterocycles. The summed E-state index contributed by atoms with van der Waals surface area (Å²) in [5.74, 6) is 0. The third-order valence-electron chi connectivity index (χ3n) is 2.39. The van der Waals surface area contributed by atoms with Gasteiger partial charge in [0.1, 0.15) is 5.52 Å². The van der Waals surface area contributed by atoms with Gasteiger partial charge >= 0.3 is 0 Å². The van der Waals surface area contributed by atoms with Crippen molar-refractivity contribution in [2.45, 2.75) is 0 Å². The topological polar surface area (TPSA) is 38.1 Å². The number of anilines is 2. The summed E-state index contributed by atoms with van der Waals surface area (Å²) < 4.78 is 5.55. The molecule has 0 saturated carbocycles. The van der Waals surface area contributed by atoms with E-state index in [1.807, 2.05) is 48.5 Å². The first-order chi connectivity index (χ1) is 8.31. The van der Waals surface area contributed by atoms with Crippen LogP contribution in [0.15, 0.2) is 52.9 Å². The van der Waals surface area contributed by atoms with Crippen LogP contribution in [0, 0.1) is 0 Å². The fourth-order valence-corrected chi connectivity index (χ4v) is 1.71. The number of hydrogen-bond acceptors (Lipinski definition) is 3. The van der Waals surface area contributed by atoms with Gasteiger partial charge in [-0.25, -0.2) is 0 Å². The predicted octanol–water partition coefficient (Wildman–Crippen LogP) is 4.22. The second-order valence-electron chi connectivity index (χ2n) is 3.62. The van der Waals surface area contributed by atoms with Crippen molar-refractivity contribution in [1.29, 1.82) is 0 Å². The number of rotatable bonds is 2. The van der Waals surface area contributed by atoms with E-state index in [1.165, 1.54) is 0 Å². The number of aromatic nitrogens is 1. The van der Waals surface area contributed by atoms with Gasteiger partial charge in [-0.05, 0) is 36.4 Å². The van der Waals surface area contributed by atoms with Gasteiger partial charge < -0.3 is 9.73 Å². The van der Waals surface area contributed by atoms with Crippen LogP contribution in [0.1, 0.15) is 0 Å². The first-order valence-corrected chi connectivity index (χ1v) is 5.57. The minimum absolute atomic E-state index is 0.480. The summed E-state index contributed by atoms with van der Waals surface area (Å²) in [6.45, 7) is 0. The third kappa shape index (κ3) is 2.10. The molecule has 2 aromatic carbocycles. The van der Waals surface area contributed by atoms with Crippen LogP contribution < -0.4 is 5.32 Å². The molecule has 17 heavy (non-hydrogen) atoms. The van der Waals surface area contributed by atoms with E-state index in [2.05, 4.69) is 10.3 Å². The van der Waals surface area contributed by atoms with Gasteiger partial charge in [0.25, 0.3) is 6.01 Å². The van der Waals surface area contributed by atoms with Crippen molar-refractivity contribution >= 4 is 34.4 Å². The summed E-state index contributed by atoms with van der Waals surface area (Å²) in [7, 11) is 0. The van der Waals surface area contributed by atoms with Crippen LogP contribution in [0.5, 0.6) is 0 Å². The van der Waals surface area contributed by atoms with Crippen LogP contribution >= 0.6 is 11.6 Å². The Hall–Kier alpha value is -2.00. The Morgan fingerprint density at radius 3 is 2.53 bits per heavy atom. The molecule has 0 aliphatic rings. The van der Waals surface area contributed by atoms with E-state index >= 15 is 0 Å². The lowest BCUT2D eigenvalue weighted by Gasteiger charge is -2.00. The standard InChI is InChI=1S/C13H9ClN2O/c14-9-5-7-10(8-6-9)15-13-16-11-3-1-2-4-12(11)17-13/h1-8H,(H,15,16). The van der Waals surface area contributed by atoms with Crippen molar-refractivity contribution in [3.05, 3.63) is 53.6 Å². The molecule has 1 N–H and O–H groups in total. The predicted molar refractivity (Wildman–Crippen MR) is 68.7 cm³/mol. The highest BCUT2D eigenvalue weighted by Gasteiger charge is 2.04. The van der Waals surface area contributed by atoms with Crippen LogP contribution in [0.25, 0.3) is 11.1 Å². The SMILES string of the molecule is Clc1ccc(Nc2nc3ccccc3o2)cc1. The molecule has 0 aliphatic heterocycles. The molecule has 3 aromatic rings. The second-order valence-corrected chi connectivity index (χ2v) is 4.06. The quantitative estimate of drug-likeness (QED) is 0.733. The highest BCUT2D eigenvalue weighted by atomic mass is 35.5. The lowest BCUT2D eigenvalue weighted by atomic mass is 10.3. The molecule has 0 amide bonds. The summed E-state index contributed by atoms with van der Waals surface area (Å²) >= 11 is 5.81. The first kappa shape index (κ1) is 10.2. The molecule has 0 fully saturated rings. The van der Waals surface area contributed by atoms with Crippen molar-refractivity contribution in [3.63, 3.8) is 0 Å². The van der Waals surface area contributed by atoms with Crippen molar-refractivity contribution in [2.24, 2.45) is 0 Å². The maximum atomic E-state index is 5.81. The Labute approximate surface area is 103 Å². The van der Waals surface area contributed by atoms with E-state index < -0.39 is 0 Å². The number of para-hydroxylation sites is 2. The summed E-state index contributed by atoms with van der Waals surface area (Å²) in [4.78, 5) is 4.32. The Kier molecular flexibility index (Phi) is 2.46. The van der Waals surface area contributed by atoms with Crippen LogP contribution in [0.4, 0.5) is 11.7 Å². The van der Waals surface area contributed by atoms with Crippen molar-refractivity contribution in [3.8, 4) is 0 Å². The van der Waals surface area contributed by atoms with Crippen LogP contribution in [-0.4, -0.2) is 4.98 Å². The molecule has 84 valence electrons. The molecular weight excluding hydrogens is 236 g/mol. The van der Waals surface area contributed by atoms with E-state index in [0.29, 0.717) is 11.0 Å². The van der Waals surface area contributed by atoms with Gasteiger partial charge in [-0.3, -0.25) is 0 Å². The minimum atomic E-state index is 0.480. The average Bonchev–Trinajstić information content (AvgIpc) is 2.74. The first-order valence-electron chi connectivity index (χ1n) is 5.19. The van der Waals surface area contributed by atoms with Gasteiger partial charge in [0.15, 0.2) is 5.58 Å². The van der Waals surface area contributed by atoms with Crippen molar-refractivity contribution in [2.75, 3.05) is 5.32 Å². The maximum absolute atomic E-state index is 5.81. The maximum Gasteiger partial charge on any atom is 0.300 e. The highest BCUT2D eigenvalue weighted by Crippen LogP contribution is 2.22. The second kappa shape index (κ2) is 4.11. The molecule has 0 radical (unpaired) electrons. The summed E-state index contributed by atoms with van der Waals surface area (Å²) in [6, 6.07) is 15.5. The molecular formula is C13H9ClN2O. The molecule has 3 nitrogen and oxygen atoms in total. The fraction of sp³-hybridized carbons (Fsp3) is 0. The van der Waals surface area contributed by atoms with Gasteiger partial charge in [-0.15, -0.1) is 0 Å². The molecule has 1 heterocycles. The van der Waals surface area contributed by atoms with Gasteiger partial charge in [-0.2, -0.15) is 4.98 Å². The zero-order chi connectivity index (χ0) is 11.7. The molecule has 3 rings (SSSR count). The monoisotopic (exact) mass is 244 g/mol. The molecule has 1 aromatic heterocycles. The molecule has 0 unspecified atom stereocenters. The summed E-state index contributed by atoms with van der Waals surface area (Å²) in [6.07, 6.45) is 0. The zero-order valence-electron chi connectivity index (χ0n) is 8.85. The number of oxazole rings is 1. The third-order valence-corrected chi connectivity index (χ3v) is 2.64. The van der Waals surface area contributed by atoms with Gasteiger partial charge in [0.05, 0.1) is 0 Å². The summed E-state index contributed by atoms with van der Waals surface area (Å²) in [5.41, 5.74) is 2.49. The largest absolute Gasteiger partial charge is 0.423 e. The number of halogens is 1. The van der Waals surface area contributed by atoms with E-state index in [4.69, 9.17) is 16.0 Å². The van der Waals surface area contributed by atoms with E-state index in [9.17, 15) is 0 Å². The Morgan fingerprint density at radius 2 is 1.76 bits per heavy atom. The Morgan fingerprint density at radius 1 is 1.00 bits per heavy atom. The molecule has 0 spiro atoms.